The number of pyridine rings is 1. The summed E-state index contributed by atoms with van der Waals surface area (Å²) < 4.78 is 40.5. The molecule has 1 aromatic heterocycles. The van der Waals surface area contributed by atoms with E-state index in [1.165, 1.54) is 12.3 Å². The summed E-state index contributed by atoms with van der Waals surface area (Å²) in [6, 6.07) is 5.10. The van der Waals surface area contributed by atoms with Gasteiger partial charge in [0.1, 0.15) is 0 Å². The maximum atomic E-state index is 12.0. The largest absolute Gasteiger partial charge is 0.468 e. The third-order valence-electron chi connectivity index (χ3n) is 2.80. The van der Waals surface area contributed by atoms with Crippen LogP contribution >= 0.6 is 0 Å². The lowest BCUT2D eigenvalue weighted by molar-refractivity contribution is -0.154. The predicted molar refractivity (Wildman–Crippen MR) is 72.9 cm³/mol. The van der Waals surface area contributed by atoms with E-state index in [1.54, 1.807) is 6.07 Å². The molecule has 1 heterocycles. The van der Waals surface area contributed by atoms with E-state index < -0.39 is 12.8 Å². The van der Waals surface area contributed by atoms with Gasteiger partial charge in [0, 0.05) is 19.0 Å². The molecule has 21 heavy (non-hydrogen) atoms. The molecular formula is C14H18F3N3O. The number of ether oxygens (including phenoxy) is 1. The molecule has 0 saturated carbocycles. The molecule has 1 N–H and O–H groups in total. The molecule has 7 heteroatoms. The van der Waals surface area contributed by atoms with Crippen LogP contribution in [0.25, 0.3) is 0 Å². The van der Waals surface area contributed by atoms with Gasteiger partial charge < -0.3 is 10.1 Å². The van der Waals surface area contributed by atoms with Crippen LogP contribution in [-0.2, 0) is 0 Å². The standard InChI is InChI=1S/C14H18F3N3O/c1-13(2,6-3-7-18)9-20-11-4-5-12(19-8-11)21-10-14(15,16)17/h4-5,8,20H,3,6,9-10H2,1-2H3. The Kier molecular flexibility index (Phi) is 5.82. The van der Waals surface area contributed by atoms with Crippen molar-refractivity contribution in [1.29, 1.82) is 5.26 Å². The first-order chi connectivity index (χ1) is 9.72. The van der Waals surface area contributed by atoms with Gasteiger partial charge in [0.15, 0.2) is 6.61 Å². The van der Waals surface area contributed by atoms with E-state index in [0.29, 0.717) is 18.7 Å². The average Bonchev–Trinajstić information content (AvgIpc) is 2.41. The van der Waals surface area contributed by atoms with Crippen molar-refractivity contribution in [3.05, 3.63) is 18.3 Å². The topological polar surface area (TPSA) is 57.9 Å². The number of aromatic nitrogens is 1. The van der Waals surface area contributed by atoms with E-state index in [9.17, 15) is 13.2 Å². The number of hydrogen-bond acceptors (Lipinski definition) is 4. The SMILES string of the molecule is CC(C)(CCC#N)CNc1ccc(OCC(F)(F)F)nc1. The monoisotopic (exact) mass is 301 g/mol. The highest BCUT2D eigenvalue weighted by Gasteiger charge is 2.28. The molecule has 1 aromatic rings. The molecule has 0 saturated heterocycles. The first kappa shape index (κ1) is 17.1. The second-order valence-electron chi connectivity index (χ2n) is 5.46. The van der Waals surface area contributed by atoms with E-state index in [-0.39, 0.29) is 11.3 Å². The lowest BCUT2D eigenvalue weighted by Crippen LogP contribution is -2.23. The number of alkyl halides is 3. The minimum absolute atomic E-state index is 0.0544. The Hall–Kier alpha value is -1.97. The Morgan fingerprint density at radius 3 is 2.57 bits per heavy atom. The van der Waals surface area contributed by atoms with Crippen LogP contribution in [0.2, 0.25) is 0 Å². The molecule has 1 rings (SSSR count). The molecular weight excluding hydrogens is 283 g/mol. The molecule has 0 bridgehead atoms. The van der Waals surface area contributed by atoms with Gasteiger partial charge in [-0.05, 0) is 17.9 Å². The Labute approximate surface area is 121 Å². The van der Waals surface area contributed by atoms with Crippen molar-refractivity contribution in [2.45, 2.75) is 32.9 Å². The molecule has 0 radical (unpaired) electrons. The lowest BCUT2D eigenvalue weighted by Gasteiger charge is -2.24. The van der Waals surface area contributed by atoms with Crippen molar-refractivity contribution in [3.63, 3.8) is 0 Å². The van der Waals surface area contributed by atoms with Gasteiger partial charge in [-0.1, -0.05) is 13.8 Å². The third kappa shape index (κ3) is 7.40. The Morgan fingerprint density at radius 1 is 1.33 bits per heavy atom. The molecule has 0 aliphatic rings. The number of nitrogens with one attached hydrogen (secondary N) is 1. The Morgan fingerprint density at radius 2 is 2.05 bits per heavy atom. The molecule has 0 spiro atoms. The number of halogens is 3. The molecule has 0 aromatic carbocycles. The summed E-state index contributed by atoms with van der Waals surface area (Å²) >= 11 is 0. The van der Waals surface area contributed by atoms with E-state index in [4.69, 9.17) is 5.26 Å². The molecule has 0 fully saturated rings. The number of nitrogens with zero attached hydrogens (tertiary/aromatic N) is 2. The van der Waals surface area contributed by atoms with Crippen LogP contribution in [0.4, 0.5) is 18.9 Å². The van der Waals surface area contributed by atoms with Crippen molar-refractivity contribution in [2.75, 3.05) is 18.5 Å². The van der Waals surface area contributed by atoms with E-state index >= 15 is 0 Å². The summed E-state index contributed by atoms with van der Waals surface area (Å²) in [4.78, 5) is 3.81. The molecule has 0 atom stereocenters. The molecule has 0 unspecified atom stereocenters. The normalized spacial score (nSPS) is 11.8. The first-order valence-electron chi connectivity index (χ1n) is 6.48. The minimum Gasteiger partial charge on any atom is -0.468 e. The smallest absolute Gasteiger partial charge is 0.422 e. The van der Waals surface area contributed by atoms with E-state index in [0.717, 1.165) is 6.42 Å². The van der Waals surface area contributed by atoms with Gasteiger partial charge in [0.05, 0.1) is 18.0 Å². The van der Waals surface area contributed by atoms with Crippen LogP contribution in [0.1, 0.15) is 26.7 Å². The highest BCUT2D eigenvalue weighted by atomic mass is 19.4. The highest BCUT2D eigenvalue weighted by Crippen LogP contribution is 2.23. The summed E-state index contributed by atoms with van der Waals surface area (Å²) in [5, 5.41) is 11.7. The fourth-order valence-corrected chi connectivity index (χ4v) is 1.55. The molecule has 4 nitrogen and oxygen atoms in total. The summed E-state index contributed by atoms with van der Waals surface area (Å²) in [7, 11) is 0. The average molecular weight is 301 g/mol. The molecule has 116 valence electrons. The van der Waals surface area contributed by atoms with Crippen molar-refractivity contribution in [2.24, 2.45) is 5.41 Å². The summed E-state index contributed by atoms with van der Waals surface area (Å²) in [6.45, 7) is 3.35. The van der Waals surface area contributed by atoms with Crippen LogP contribution in [0, 0.1) is 16.7 Å². The maximum absolute atomic E-state index is 12.0. The van der Waals surface area contributed by atoms with Crippen LogP contribution in [0.15, 0.2) is 18.3 Å². The van der Waals surface area contributed by atoms with Gasteiger partial charge in [-0.15, -0.1) is 0 Å². The first-order valence-corrected chi connectivity index (χ1v) is 6.48. The Bertz CT molecular complexity index is 478. The van der Waals surface area contributed by atoms with Crippen molar-refractivity contribution in [3.8, 4) is 11.9 Å². The summed E-state index contributed by atoms with van der Waals surface area (Å²) in [5.74, 6) is -0.0679. The highest BCUT2D eigenvalue weighted by molar-refractivity contribution is 5.42. The van der Waals surface area contributed by atoms with E-state index in [2.05, 4.69) is 21.1 Å². The van der Waals surface area contributed by atoms with Gasteiger partial charge in [-0.25, -0.2) is 4.98 Å². The lowest BCUT2D eigenvalue weighted by atomic mass is 9.88. The number of anilines is 1. The van der Waals surface area contributed by atoms with Crippen LogP contribution in [-0.4, -0.2) is 24.3 Å². The zero-order valence-corrected chi connectivity index (χ0v) is 12.0. The molecule has 0 aliphatic heterocycles. The number of nitriles is 1. The van der Waals surface area contributed by atoms with Gasteiger partial charge in [-0.2, -0.15) is 18.4 Å². The van der Waals surface area contributed by atoms with Gasteiger partial charge >= 0.3 is 6.18 Å². The van der Waals surface area contributed by atoms with E-state index in [1.807, 2.05) is 13.8 Å². The summed E-state index contributed by atoms with van der Waals surface area (Å²) in [6.07, 6.45) is -1.71. The maximum Gasteiger partial charge on any atom is 0.422 e. The minimum atomic E-state index is -4.37. The third-order valence-corrected chi connectivity index (χ3v) is 2.80. The van der Waals surface area contributed by atoms with Crippen LogP contribution in [0.3, 0.4) is 0 Å². The van der Waals surface area contributed by atoms with Gasteiger partial charge in [0.25, 0.3) is 0 Å². The predicted octanol–water partition coefficient (Wildman–Crippen LogP) is 3.76. The number of hydrogen-bond donors (Lipinski definition) is 1. The second-order valence-corrected chi connectivity index (χ2v) is 5.46. The van der Waals surface area contributed by atoms with Crippen LogP contribution in [0.5, 0.6) is 5.88 Å². The van der Waals surface area contributed by atoms with Crippen molar-refractivity contribution in [1.82, 2.24) is 4.98 Å². The fourth-order valence-electron chi connectivity index (χ4n) is 1.55. The van der Waals surface area contributed by atoms with Gasteiger partial charge in [-0.3, -0.25) is 0 Å². The number of rotatable bonds is 7. The van der Waals surface area contributed by atoms with Crippen molar-refractivity contribution < 1.29 is 17.9 Å². The Balaban J connectivity index is 2.46. The van der Waals surface area contributed by atoms with Crippen molar-refractivity contribution >= 4 is 5.69 Å². The quantitative estimate of drug-likeness (QED) is 0.833. The zero-order chi connectivity index (χ0) is 15.9. The second kappa shape index (κ2) is 7.16. The van der Waals surface area contributed by atoms with Crippen LogP contribution < -0.4 is 10.1 Å². The zero-order valence-electron chi connectivity index (χ0n) is 12.0. The molecule has 0 amide bonds. The van der Waals surface area contributed by atoms with Gasteiger partial charge in [0.2, 0.25) is 5.88 Å². The molecule has 0 aliphatic carbocycles. The fraction of sp³-hybridized carbons (Fsp3) is 0.571. The summed E-state index contributed by atoms with van der Waals surface area (Å²) in [5.41, 5.74) is 0.640.